The average Bonchev–Trinajstić information content (AvgIpc) is 2.83. The molecule has 39 heavy (non-hydrogen) atoms. The Morgan fingerprint density at radius 3 is 2.41 bits per heavy atom. The van der Waals surface area contributed by atoms with Crippen LogP contribution in [0.1, 0.15) is 98.4 Å². The zero-order chi connectivity index (χ0) is 29.0. The standard InChI is InChI=1S/C31H47FN4O3/c1-10-11-14-33-28-24(32)17-22(18-35-28)23-19-34-21(4)25(26(23)36-15-12-31(8,9)13-16-36)27(39-30(5,6)7)29(37)38-20(2)3/h17-20,27H,10-16H2,1-9H3,(H,33,35)/t27-/m0/s1. The minimum absolute atomic E-state index is 0.219. The summed E-state index contributed by atoms with van der Waals surface area (Å²) in [5, 5.41) is 3.08. The van der Waals surface area contributed by atoms with Crippen molar-refractivity contribution in [2.75, 3.05) is 29.9 Å². The minimum atomic E-state index is -0.988. The molecule has 1 aliphatic heterocycles. The first-order chi connectivity index (χ1) is 18.2. The average molecular weight is 543 g/mol. The lowest BCUT2D eigenvalue weighted by molar-refractivity contribution is -0.171. The Balaban J connectivity index is 2.20. The zero-order valence-corrected chi connectivity index (χ0v) is 25.3. The van der Waals surface area contributed by atoms with Crippen LogP contribution in [-0.2, 0) is 14.3 Å². The molecule has 0 aliphatic carbocycles. The van der Waals surface area contributed by atoms with Crippen LogP contribution in [0.4, 0.5) is 15.9 Å². The van der Waals surface area contributed by atoms with Gasteiger partial charge in [-0.05, 0) is 72.3 Å². The van der Waals surface area contributed by atoms with Crippen LogP contribution < -0.4 is 10.2 Å². The van der Waals surface area contributed by atoms with Gasteiger partial charge in [0, 0.05) is 54.4 Å². The SMILES string of the molecule is CCCCNc1ncc(-c2cnc(C)c([C@H](OC(C)(C)C)C(=O)OC(C)C)c2N2CCC(C)(C)CC2)cc1F. The predicted octanol–water partition coefficient (Wildman–Crippen LogP) is 7.24. The highest BCUT2D eigenvalue weighted by Crippen LogP contribution is 2.44. The molecule has 0 unspecified atom stereocenters. The third-order valence-electron chi connectivity index (χ3n) is 7.00. The molecular formula is C31H47FN4O3. The number of anilines is 2. The van der Waals surface area contributed by atoms with Crippen LogP contribution >= 0.6 is 0 Å². The topological polar surface area (TPSA) is 76.6 Å². The second kappa shape index (κ2) is 12.6. The number of unbranched alkanes of at least 4 members (excludes halogenated alkanes) is 1. The molecule has 1 fully saturated rings. The molecule has 8 heteroatoms. The molecule has 7 nitrogen and oxygen atoms in total. The second-order valence-corrected chi connectivity index (χ2v) is 12.6. The first-order valence-corrected chi connectivity index (χ1v) is 14.2. The van der Waals surface area contributed by atoms with Crippen LogP contribution in [0.25, 0.3) is 11.1 Å². The number of carbonyl (C=O) groups excluding carboxylic acids is 1. The molecule has 216 valence electrons. The molecule has 0 saturated carbocycles. The number of aryl methyl sites for hydroxylation is 1. The van der Waals surface area contributed by atoms with Crippen LogP contribution in [0.15, 0.2) is 18.5 Å². The van der Waals surface area contributed by atoms with Crippen molar-refractivity contribution in [3.8, 4) is 11.1 Å². The van der Waals surface area contributed by atoms with Gasteiger partial charge in [0.2, 0.25) is 0 Å². The van der Waals surface area contributed by atoms with Gasteiger partial charge in [-0.2, -0.15) is 0 Å². The Labute approximate surface area is 233 Å². The van der Waals surface area contributed by atoms with E-state index in [-0.39, 0.29) is 17.3 Å². The number of pyridine rings is 2. The molecule has 0 bridgehead atoms. The fourth-order valence-electron chi connectivity index (χ4n) is 4.78. The van der Waals surface area contributed by atoms with Crippen LogP contribution in [0.5, 0.6) is 0 Å². The second-order valence-electron chi connectivity index (χ2n) is 12.6. The number of piperidine rings is 1. The van der Waals surface area contributed by atoms with Gasteiger partial charge in [0.05, 0.1) is 17.4 Å². The van der Waals surface area contributed by atoms with Crippen LogP contribution in [0, 0.1) is 18.2 Å². The maximum atomic E-state index is 15.2. The van der Waals surface area contributed by atoms with Crippen molar-refractivity contribution in [3.05, 3.63) is 35.5 Å². The summed E-state index contributed by atoms with van der Waals surface area (Å²) in [6.45, 7) is 20.2. The largest absolute Gasteiger partial charge is 0.461 e. The fraction of sp³-hybridized carbons (Fsp3) is 0.645. The number of halogens is 1. The van der Waals surface area contributed by atoms with Gasteiger partial charge in [0.15, 0.2) is 17.7 Å². The van der Waals surface area contributed by atoms with Crippen molar-refractivity contribution in [1.82, 2.24) is 9.97 Å². The molecule has 2 aromatic rings. The number of nitrogens with one attached hydrogen (secondary N) is 1. The van der Waals surface area contributed by atoms with Crippen molar-refractivity contribution >= 4 is 17.5 Å². The summed E-state index contributed by atoms with van der Waals surface area (Å²) < 4.78 is 27.3. The highest BCUT2D eigenvalue weighted by molar-refractivity contribution is 5.87. The predicted molar refractivity (Wildman–Crippen MR) is 156 cm³/mol. The van der Waals surface area contributed by atoms with E-state index < -0.39 is 23.5 Å². The Kier molecular flexibility index (Phi) is 9.97. The van der Waals surface area contributed by atoms with Crippen molar-refractivity contribution < 1.29 is 18.7 Å². The van der Waals surface area contributed by atoms with Crippen LogP contribution in [0.3, 0.4) is 0 Å². The molecule has 1 atom stereocenters. The highest BCUT2D eigenvalue weighted by atomic mass is 19.1. The van der Waals surface area contributed by atoms with E-state index in [1.54, 1.807) is 12.4 Å². The smallest absolute Gasteiger partial charge is 0.340 e. The number of esters is 1. The lowest BCUT2D eigenvalue weighted by Crippen LogP contribution is -2.39. The van der Waals surface area contributed by atoms with Crippen molar-refractivity contribution in [1.29, 1.82) is 0 Å². The highest BCUT2D eigenvalue weighted by Gasteiger charge is 2.37. The number of rotatable bonds is 10. The van der Waals surface area contributed by atoms with Crippen LogP contribution in [0.2, 0.25) is 0 Å². The first kappa shape index (κ1) is 30.8. The molecule has 1 N–H and O–H groups in total. The third-order valence-corrected chi connectivity index (χ3v) is 7.00. The molecule has 2 aromatic heterocycles. The van der Waals surface area contributed by atoms with Gasteiger partial charge in [-0.1, -0.05) is 27.2 Å². The molecule has 0 radical (unpaired) electrons. The number of aromatic nitrogens is 2. The van der Waals surface area contributed by atoms with Crippen molar-refractivity contribution in [2.45, 2.75) is 106 Å². The summed E-state index contributed by atoms with van der Waals surface area (Å²) in [4.78, 5) is 24.9. The maximum Gasteiger partial charge on any atom is 0.340 e. The van der Waals surface area contributed by atoms with Crippen molar-refractivity contribution in [3.63, 3.8) is 0 Å². The first-order valence-electron chi connectivity index (χ1n) is 14.2. The van der Waals surface area contributed by atoms with E-state index in [1.807, 2.05) is 41.5 Å². The number of hydrogen-bond donors (Lipinski definition) is 1. The normalized spacial score (nSPS) is 16.3. The van der Waals surface area contributed by atoms with E-state index in [0.717, 1.165) is 50.0 Å². The van der Waals surface area contributed by atoms with Gasteiger partial charge in [-0.25, -0.2) is 14.2 Å². The molecule has 3 rings (SSSR count). The molecule has 1 saturated heterocycles. The number of nitrogens with zero attached hydrogens (tertiary/aromatic N) is 3. The molecule has 0 aromatic carbocycles. The number of hydrogen-bond acceptors (Lipinski definition) is 7. The fourth-order valence-corrected chi connectivity index (χ4v) is 4.78. The monoisotopic (exact) mass is 542 g/mol. The quantitative estimate of drug-likeness (QED) is 0.250. The lowest BCUT2D eigenvalue weighted by atomic mass is 9.82. The van der Waals surface area contributed by atoms with Crippen LogP contribution in [-0.4, -0.2) is 47.3 Å². The van der Waals surface area contributed by atoms with E-state index in [9.17, 15) is 4.79 Å². The Morgan fingerprint density at radius 2 is 1.85 bits per heavy atom. The third kappa shape index (κ3) is 8.13. The Hall–Kier alpha value is -2.74. The molecule has 3 heterocycles. The Morgan fingerprint density at radius 1 is 1.18 bits per heavy atom. The van der Waals surface area contributed by atoms with E-state index >= 15 is 4.39 Å². The zero-order valence-electron chi connectivity index (χ0n) is 25.3. The lowest BCUT2D eigenvalue weighted by Gasteiger charge is -2.41. The van der Waals surface area contributed by atoms with E-state index in [0.29, 0.717) is 23.4 Å². The van der Waals surface area contributed by atoms with E-state index in [2.05, 4.69) is 41.0 Å². The van der Waals surface area contributed by atoms with Gasteiger partial charge in [0.25, 0.3) is 0 Å². The molecule has 0 amide bonds. The Bertz CT molecular complexity index is 1130. The summed E-state index contributed by atoms with van der Waals surface area (Å²) in [7, 11) is 0. The van der Waals surface area contributed by atoms with E-state index in [4.69, 9.17) is 9.47 Å². The molecule has 0 spiro atoms. The summed E-state index contributed by atoms with van der Waals surface area (Å²) in [5.41, 5.74) is 3.11. The number of carbonyl (C=O) groups is 1. The molecular weight excluding hydrogens is 495 g/mol. The molecule has 1 aliphatic rings. The van der Waals surface area contributed by atoms with Gasteiger partial charge in [-0.15, -0.1) is 0 Å². The van der Waals surface area contributed by atoms with Crippen molar-refractivity contribution in [2.24, 2.45) is 5.41 Å². The van der Waals surface area contributed by atoms with Gasteiger partial charge in [-0.3, -0.25) is 4.98 Å². The van der Waals surface area contributed by atoms with Gasteiger partial charge < -0.3 is 19.7 Å². The van der Waals surface area contributed by atoms with Gasteiger partial charge >= 0.3 is 5.97 Å². The minimum Gasteiger partial charge on any atom is -0.461 e. The summed E-state index contributed by atoms with van der Waals surface area (Å²) in [5.74, 6) is -0.637. The summed E-state index contributed by atoms with van der Waals surface area (Å²) in [6.07, 6.45) is 6.07. The van der Waals surface area contributed by atoms with Gasteiger partial charge in [0.1, 0.15) is 0 Å². The van der Waals surface area contributed by atoms with E-state index in [1.165, 1.54) is 6.07 Å². The summed E-state index contributed by atoms with van der Waals surface area (Å²) >= 11 is 0. The number of ether oxygens (including phenoxy) is 2. The maximum absolute atomic E-state index is 15.2. The summed E-state index contributed by atoms with van der Waals surface area (Å²) in [6, 6.07) is 1.50.